The summed E-state index contributed by atoms with van der Waals surface area (Å²) in [6.07, 6.45) is 5.13. The highest BCUT2D eigenvalue weighted by Crippen LogP contribution is 2.34. The molecule has 20 heavy (non-hydrogen) atoms. The molecule has 1 aliphatic heterocycles. The summed E-state index contributed by atoms with van der Waals surface area (Å²) in [7, 11) is 0. The van der Waals surface area contributed by atoms with Crippen LogP contribution in [0.4, 0.5) is 0 Å². The Labute approximate surface area is 127 Å². The quantitative estimate of drug-likeness (QED) is 0.749. The molecule has 1 aliphatic rings. The van der Waals surface area contributed by atoms with E-state index in [1.54, 1.807) is 0 Å². The summed E-state index contributed by atoms with van der Waals surface area (Å²) in [4.78, 5) is 2.88. The van der Waals surface area contributed by atoms with Gasteiger partial charge in [0.2, 0.25) is 0 Å². The third-order valence-electron chi connectivity index (χ3n) is 5.54. The number of nitrogens with one attached hydrogen (secondary N) is 1. The Morgan fingerprint density at radius 2 is 1.60 bits per heavy atom. The van der Waals surface area contributed by atoms with Crippen LogP contribution in [0.25, 0.3) is 0 Å². The molecule has 0 aromatic carbocycles. The average Bonchev–Trinajstić information content (AvgIpc) is 2.40. The molecule has 1 saturated heterocycles. The van der Waals surface area contributed by atoms with Gasteiger partial charge >= 0.3 is 0 Å². The molecule has 0 amide bonds. The zero-order valence-electron chi connectivity index (χ0n) is 15.0. The van der Waals surface area contributed by atoms with Crippen LogP contribution in [0.15, 0.2) is 0 Å². The van der Waals surface area contributed by atoms with Gasteiger partial charge in [0, 0.05) is 30.7 Å². The van der Waals surface area contributed by atoms with E-state index in [1.165, 1.54) is 32.2 Å². The van der Waals surface area contributed by atoms with Crippen molar-refractivity contribution < 1.29 is 0 Å². The Morgan fingerprint density at radius 1 is 1.05 bits per heavy atom. The minimum absolute atomic E-state index is 0.409. The summed E-state index contributed by atoms with van der Waals surface area (Å²) in [5.74, 6) is 1.51. The lowest BCUT2D eigenvalue weighted by atomic mass is 9.82. The number of nitrogens with zero attached hydrogens (tertiary/aromatic N) is 1. The molecule has 120 valence electrons. The zero-order chi connectivity index (χ0) is 15.3. The first-order valence-electron chi connectivity index (χ1n) is 8.90. The monoisotopic (exact) mass is 282 g/mol. The standard InChI is InChI=1S/C18H38N2/c1-8-18(9-2,10-3)20-13-16(11-14(4)5)19-12-17(20)15(6)7/h14-17,19H,8-13H2,1-7H3. The van der Waals surface area contributed by atoms with E-state index in [-0.39, 0.29) is 0 Å². The van der Waals surface area contributed by atoms with Crippen molar-refractivity contribution in [3.63, 3.8) is 0 Å². The van der Waals surface area contributed by atoms with Crippen LogP contribution in [0, 0.1) is 11.8 Å². The Kier molecular flexibility index (Phi) is 7.00. The van der Waals surface area contributed by atoms with Crippen molar-refractivity contribution in [1.29, 1.82) is 0 Å². The van der Waals surface area contributed by atoms with Gasteiger partial charge in [0.05, 0.1) is 0 Å². The van der Waals surface area contributed by atoms with Crippen LogP contribution >= 0.6 is 0 Å². The molecule has 2 nitrogen and oxygen atoms in total. The van der Waals surface area contributed by atoms with Gasteiger partial charge < -0.3 is 5.32 Å². The van der Waals surface area contributed by atoms with E-state index >= 15 is 0 Å². The van der Waals surface area contributed by atoms with Crippen LogP contribution in [-0.4, -0.2) is 35.6 Å². The first-order valence-corrected chi connectivity index (χ1v) is 8.90. The Bertz CT molecular complexity index is 260. The predicted molar refractivity (Wildman–Crippen MR) is 90.2 cm³/mol. The molecule has 2 atom stereocenters. The number of hydrogen-bond donors (Lipinski definition) is 1. The van der Waals surface area contributed by atoms with Crippen LogP contribution < -0.4 is 5.32 Å². The third kappa shape index (κ3) is 3.98. The highest BCUT2D eigenvalue weighted by Gasteiger charge is 2.40. The largest absolute Gasteiger partial charge is 0.311 e. The van der Waals surface area contributed by atoms with Gasteiger partial charge in [-0.15, -0.1) is 0 Å². The first kappa shape index (κ1) is 18.0. The summed E-state index contributed by atoms with van der Waals surface area (Å²) < 4.78 is 0. The molecule has 0 spiro atoms. The average molecular weight is 283 g/mol. The summed E-state index contributed by atoms with van der Waals surface area (Å²) in [5.41, 5.74) is 0.409. The minimum atomic E-state index is 0.409. The summed E-state index contributed by atoms with van der Waals surface area (Å²) in [6.45, 7) is 19.0. The number of piperazine rings is 1. The summed E-state index contributed by atoms with van der Waals surface area (Å²) in [6, 6.07) is 1.37. The van der Waals surface area contributed by atoms with E-state index in [9.17, 15) is 0 Å². The second-order valence-electron chi connectivity index (χ2n) is 7.48. The molecule has 0 aromatic heterocycles. The highest BCUT2D eigenvalue weighted by atomic mass is 15.3. The molecule has 2 unspecified atom stereocenters. The number of rotatable bonds is 7. The van der Waals surface area contributed by atoms with Crippen molar-refractivity contribution in [2.75, 3.05) is 13.1 Å². The van der Waals surface area contributed by atoms with Crippen LogP contribution in [0.1, 0.15) is 74.1 Å². The topological polar surface area (TPSA) is 15.3 Å². The van der Waals surface area contributed by atoms with Crippen LogP contribution in [-0.2, 0) is 0 Å². The smallest absolute Gasteiger partial charge is 0.0249 e. The summed E-state index contributed by atoms with van der Waals surface area (Å²) in [5, 5.41) is 3.81. The minimum Gasteiger partial charge on any atom is -0.311 e. The molecular formula is C18H38N2. The lowest BCUT2D eigenvalue weighted by Gasteiger charge is -2.53. The fraction of sp³-hybridized carbons (Fsp3) is 1.00. The van der Waals surface area contributed by atoms with E-state index in [1.807, 2.05) is 0 Å². The molecule has 1 rings (SSSR count). The van der Waals surface area contributed by atoms with Gasteiger partial charge in [-0.3, -0.25) is 4.90 Å². The third-order valence-corrected chi connectivity index (χ3v) is 5.54. The van der Waals surface area contributed by atoms with Crippen LogP contribution in [0.5, 0.6) is 0 Å². The van der Waals surface area contributed by atoms with Crippen molar-refractivity contribution in [2.24, 2.45) is 11.8 Å². The lowest BCUT2D eigenvalue weighted by molar-refractivity contribution is -0.0197. The van der Waals surface area contributed by atoms with E-state index in [4.69, 9.17) is 0 Å². The van der Waals surface area contributed by atoms with Gasteiger partial charge in [-0.2, -0.15) is 0 Å². The van der Waals surface area contributed by atoms with Crippen LogP contribution in [0.3, 0.4) is 0 Å². The molecule has 1 fully saturated rings. The van der Waals surface area contributed by atoms with Crippen molar-refractivity contribution in [2.45, 2.75) is 91.8 Å². The van der Waals surface area contributed by atoms with E-state index in [0.29, 0.717) is 17.6 Å². The fourth-order valence-corrected chi connectivity index (χ4v) is 4.06. The molecule has 1 heterocycles. The normalized spacial score (nSPS) is 25.6. The lowest BCUT2D eigenvalue weighted by Crippen LogP contribution is -2.65. The fourth-order valence-electron chi connectivity index (χ4n) is 4.06. The van der Waals surface area contributed by atoms with Crippen molar-refractivity contribution >= 4 is 0 Å². The highest BCUT2D eigenvalue weighted by molar-refractivity contribution is 4.98. The van der Waals surface area contributed by atoms with E-state index in [2.05, 4.69) is 58.7 Å². The maximum atomic E-state index is 3.81. The molecular weight excluding hydrogens is 244 g/mol. The zero-order valence-corrected chi connectivity index (χ0v) is 15.0. The molecule has 2 heteroatoms. The first-order chi connectivity index (χ1) is 9.40. The molecule has 1 N–H and O–H groups in total. The number of hydrogen-bond acceptors (Lipinski definition) is 2. The van der Waals surface area contributed by atoms with Gasteiger partial charge in [0.15, 0.2) is 0 Å². The summed E-state index contributed by atoms with van der Waals surface area (Å²) >= 11 is 0. The molecule has 0 saturated carbocycles. The Morgan fingerprint density at radius 3 is 2.00 bits per heavy atom. The van der Waals surface area contributed by atoms with Crippen LogP contribution in [0.2, 0.25) is 0 Å². The predicted octanol–water partition coefficient (Wildman–Crippen LogP) is 4.30. The Hall–Kier alpha value is -0.0800. The maximum absolute atomic E-state index is 3.81. The van der Waals surface area contributed by atoms with Gasteiger partial charge in [-0.1, -0.05) is 48.5 Å². The van der Waals surface area contributed by atoms with Crippen molar-refractivity contribution in [3.8, 4) is 0 Å². The van der Waals surface area contributed by atoms with Crippen molar-refractivity contribution in [1.82, 2.24) is 10.2 Å². The molecule has 0 radical (unpaired) electrons. The SMILES string of the molecule is CCC(CC)(CC)N1CC(CC(C)C)NCC1C(C)C. The second-order valence-corrected chi connectivity index (χ2v) is 7.48. The second kappa shape index (κ2) is 7.79. The molecule has 0 aliphatic carbocycles. The van der Waals surface area contributed by atoms with Gasteiger partial charge in [-0.25, -0.2) is 0 Å². The van der Waals surface area contributed by atoms with Gasteiger partial charge in [0.25, 0.3) is 0 Å². The Balaban J connectivity index is 2.93. The molecule has 0 aromatic rings. The molecule has 0 bridgehead atoms. The van der Waals surface area contributed by atoms with Gasteiger partial charge in [-0.05, 0) is 37.5 Å². The maximum Gasteiger partial charge on any atom is 0.0249 e. The van der Waals surface area contributed by atoms with E-state index in [0.717, 1.165) is 18.4 Å². The van der Waals surface area contributed by atoms with Crippen molar-refractivity contribution in [3.05, 3.63) is 0 Å². The van der Waals surface area contributed by atoms with Gasteiger partial charge in [0.1, 0.15) is 0 Å². The van der Waals surface area contributed by atoms with E-state index < -0.39 is 0 Å².